The largest absolute Gasteiger partial charge is 0.375 e. The topological polar surface area (TPSA) is 80.6 Å². The predicted molar refractivity (Wildman–Crippen MR) is 117 cm³/mol. The van der Waals surface area contributed by atoms with E-state index in [1.165, 1.54) is 35.9 Å². The van der Waals surface area contributed by atoms with Crippen molar-refractivity contribution in [3.05, 3.63) is 63.3 Å². The van der Waals surface area contributed by atoms with E-state index in [1.807, 2.05) is 6.92 Å². The van der Waals surface area contributed by atoms with Gasteiger partial charge in [-0.05, 0) is 61.6 Å². The zero-order chi connectivity index (χ0) is 22.9. The SMILES string of the molecule is COCC(=O)N1CCc2c(cn(-c3ccc(F)cc3)c(=O)c2C(=O)NC2(C)CCCC2)C1. The van der Waals surface area contributed by atoms with Gasteiger partial charge in [0.25, 0.3) is 11.5 Å². The van der Waals surface area contributed by atoms with Crippen LogP contribution in [0.4, 0.5) is 4.39 Å². The maximum absolute atomic E-state index is 13.5. The molecule has 1 aromatic heterocycles. The van der Waals surface area contributed by atoms with Crippen molar-refractivity contribution in [2.45, 2.75) is 51.1 Å². The molecule has 0 unspecified atom stereocenters. The number of halogens is 1. The highest BCUT2D eigenvalue weighted by Crippen LogP contribution is 2.30. The van der Waals surface area contributed by atoms with Crippen LogP contribution in [0, 0.1) is 5.82 Å². The number of carbonyl (C=O) groups excluding carboxylic acids is 2. The fraction of sp³-hybridized carbons (Fsp3) is 0.458. The first kappa shape index (κ1) is 22.2. The van der Waals surface area contributed by atoms with Gasteiger partial charge >= 0.3 is 0 Å². The molecule has 32 heavy (non-hydrogen) atoms. The summed E-state index contributed by atoms with van der Waals surface area (Å²) in [5, 5.41) is 3.09. The maximum atomic E-state index is 13.5. The fourth-order valence-corrected chi connectivity index (χ4v) is 4.73. The van der Waals surface area contributed by atoms with Crippen molar-refractivity contribution in [1.82, 2.24) is 14.8 Å². The highest BCUT2D eigenvalue weighted by Gasteiger charge is 2.34. The molecule has 1 aliphatic heterocycles. The summed E-state index contributed by atoms with van der Waals surface area (Å²) in [7, 11) is 1.47. The van der Waals surface area contributed by atoms with Crippen LogP contribution < -0.4 is 10.9 Å². The maximum Gasteiger partial charge on any atom is 0.268 e. The summed E-state index contributed by atoms with van der Waals surface area (Å²) in [5.41, 5.74) is 1.20. The summed E-state index contributed by atoms with van der Waals surface area (Å²) in [6.45, 7) is 2.67. The van der Waals surface area contributed by atoms with E-state index in [9.17, 15) is 18.8 Å². The molecule has 2 aliphatic rings. The molecule has 2 aromatic rings. The van der Waals surface area contributed by atoms with Crippen molar-refractivity contribution >= 4 is 11.8 Å². The lowest BCUT2D eigenvalue weighted by molar-refractivity contribution is -0.136. The summed E-state index contributed by atoms with van der Waals surface area (Å²) in [6.07, 6.45) is 5.90. The Bertz CT molecular complexity index is 1090. The Kier molecular flexibility index (Phi) is 6.15. The first-order chi connectivity index (χ1) is 15.3. The third-order valence-electron chi connectivity index (χ3n) is 6.47. The van der Waals surface area contributed by atoms with E-state index in [2.05, 4.69) is 5.32 Å². The monoisotopic (exact) mass is 441 g/mol. The van der Waals surface area contributed by atoms with Crippen molar-refractivity contribution in [1.29, 1.82) is 0 Å². The second-order valence-electron chi connectivity index (χ2n) is 8.88. The molecule has 1 aliphatic carbocycles. The molecule has 0 saturated heterocycles. The molecule has 1 saturated carbocycles. The molecule has 1 aromatic carbocycles. The number of nitrogens with zero attached hydrogens (tertiary/aromatic N) is 2. The smallest absolute Gasteiger partial charge is 0.268 e. The second-order valence-corrected chi connectivity index (χ2v) is 8.88. The second kappa shape index (κ2) is 8.86. The van der Waals surface area contributed by atoms with Gasteiger partial charge in [0.1, 0.15) is 18.0 Å². The van der Waals surface area contributed by atoms with Gasteiger partial charge in [-0.2, -0.15) is 0 Å². The number of hydrogen-bond donors (Lipinski definition) is 1. The number of pyridine rings is 1. The Labute approximate surface area is 186 Å². The Hall–Kier alpha value is -3.00. The molecule has 0 bridgehead atoms. The summed E-state index contributed by atoms with van der Waals surface area (Å²) < 4.78 is 19.8. The summed E-state index contributed by atoms with van der Waals surface area (Å²) in [5.74, 6) is -0.950. The first-order valence-electron chi connectivity index (χ1n) is 10.9. The number of hydrogen-bond acceptors (Lipinski definition) is 4. The lowest BCUT2D eigenvalue weighted by Crippen LogP contribution is -2.47. The zero-order valence-corrected chi connectivity index (χ0v) is 18.4. The number of ether oxygens (including phenoxy) is 1. The normalized spacial score (nSPS) is 17.2. The molecule has 0 radical (unpaired) electrons. The standard InChI is InChI=1S/C24H28FN3O4/c1-24(10-3-4-11-24)26-22(30)21-19-9-12-27(20(29)15-32-2)13-16(19)14-28(23(21)31)18-7-5-17(25)6-8-18/h5-8,14H,3-4,9-13,15H2,1-2H3,(H,26,30). The van der Waals surface area contributed by atoms with Gasteiger partial charge < -0.3 is 15.0 Å². The average molecular weight is 442 g/mol. The Morgan fingerprint density at radius 3 is 2.53 bits per heavy atom. The van der Waals surface area contributed by atoms with Crippen molar-refractivity contribution in [3.63, 3.8) is 0 Å². The van der Waals surface area contributed by atoms with Crippen LogP contribution in [-0.2, 0) is 22.5 Å². The van der Waals surface area contributed by atoms with Gasteiger partial charge in [-0.3, -0.25) is 19.0 Å². The van der Waals surface area contributed by atoms with Crippen LogP contribution in [-0.4, -0.2) is 47.1 Å². The van der Waals surface area contributed by atoms with E-state index >= 15 is 0 Å². The van der Waals surface area contributed by atoms with E-state index in [4.69, 9.17) is 4.74 Å². The average Bonchev–Trinajstić information content (AvgIpc) is 3.19. The van der Waals surface area contributed by atoms with Crippen molar-refractivity contribution in [2.24, 2.45) is 0 Å². The van der Waals surface area contributed by atoms with Gasteiger partial charge in [0.05, 0.1) is 0 Å². The molecule has 7 nitrogen and oxygen atoms in total. The number of rotatable bonds is 5. The number of nitrogens with one attached hydrogen (secondary N) is 1. The molecule has 1 N–H and O–H groups in total. The number of aromatic nitrogens is 1. The zero-order valence-electron chi connectivity index (χ0n) is 18.4. The number of carbonyl (C=O) groups is 2. The van der Waals surface area contributed by atoms with Gasteiger partial charge in [-0.15, -0.1) is 0 Å². The van der Waals surface area contributed by atoms with Gasteiger partial charge in [0.2, 0.25) is 5.91 Å². The molecule has 4 rings (SSSR count). The lowest BCUT2D eigenvalue weighted by Gasteiger charge is -2.31. The number of amides is 2. The first-order valence-corrected chi connectivity index (χ1v) is 10.9. The third-order valence-corrected chi connectivity index (χ3v) is 6.47. The van der Waals surface area contributed by atoms with Crippen LogP contribution in [0.5, 0.6) is 0 Å². The summed E-state index contributed by atoms with van der Waals surface area (Å²) in [6, 6.07) is 5.55. The predicted octanol–water partition coefficient (Wildman–Crippen LogP) is 2.57. The molecule has 170 valence electrons. The van der Waals surface area contributed by atoms with Crippen molar-refractivity contribution in [3.8, 4) is 5.69 Å². The lowest BCUT2D eigenvalue weighted by atomic mass is 9.94. The summed E-state index contributed by atoms with van der Waals surface area (Å²) >= 11 is 0. The fourth-order valence-electron chi connectivity index (χ4n) is 4.73. The minimum absolute atomic E-state index is 0.0291. The molecule has 0 atom stereocenters. The van der Waals surface area contributed by atoms with Crippen LogP contribution in [0.2, 0.25) is 0 Å². The quantitative estimate of drug-likeness (QED) is 0.774. The highest BCUT2D eigenvalue weighted by molar-refractivity contribution is 5.96. The van der Waals surface area contributed by atoms with Crippen LogP contribution in [0.25, 0.3) is 5.69 Å². The minimum atomic E-state index is -0.439. The van der Waals surface area contributed by atoms with E-state index in [0.717, 1.165) is 31.2 Å². The van der Waals surface area contributed by atoms with Crippen LogP contribution in [0.15, 0.2) is 35.3 Å². The number of benzene rings is 1. The molecule has 8 heteroatoms. The highest BCUT2D eigenvalue weighted by atomic mass is 19.1. The molecule has 2 amide bonds. The Morgan fingerprint density at radius 1 is 1.19 bits per heavy atom. The van der Waals surface area contributed by atoms with Gasteiger partial charge in [0, 0.05) is 37.6 Å². The van der Waals surface area contributed by atoms with Gasteiger partial charge in [-0.1, -0.05) is 12.8 Å². The minimum Gasteiger partial charge on any atom is -0.375 e. The van der Waals surface area contributed by atoms with E-state index in [-0.39, 0.29) is 36.1 Å². The Morgan fingerprint density at radius 2 is 1.88 bits per heavy atom. The number of fused-ring (bicyclic) bond motifs is 1. The van der Waals surface area contributed by atoms with Crippen molar-refractivity contribution < 1.29 is 18.7 Å². The molecule has 1 fully saturated rings. The van der Waals surface area contributed by atoms with E-state index < -0.39 is 11.4 Å². The number of methoxy groups -OCH3 is 1. The van der Waals surface area contributed by atoms with Crippen LogP contribution in [0.1, 0.15) is 54.1 Å². The molecular formula is C24H28FN3O4. The molecule has 2 heterocycles. The van der Waals surface area contributed by atoms with Crippen LogP contribution >= 0.6 is 0 Å². The van der Waals surface area contributed by atoms with Crippen molar-refractivity contribution in [2.75, 3.05) is 20.3 Å². The van der Waals surface area contributed by atoms with Crippen LogP contribution in [0.3, 0.4) is 0 Å². The van der Waals surface area contributed by atoms with E-state index in [1.54, 1.807) is 11.1 Å². The third kappa shape index (κ3) is 4.32. The molecule has 0 spiro atoms. The van der Waals surface area contributed by atoms with E-state index in [0.29, 0.717) is 24.2 Å². The molecular weight excluding hydrogens is 413 g/mol. The summed E-state index contributed by atoms with van der Waals surface area (Å²) in [4.78, 5) is 40.9. The van der Waals surface area contributed by atoms with Gasteiger partial charge in [-0.25, -0.2) is 4.39 Å². The van der Waals surface area contributed by atoms with Gasteiger partial charge in [0.15, 0.2) is 0 Å². The Balaban J connectivity index is 1.79.